The number of allylic oxidation sites excluding steroid dienone is 1. The van der Waals surface area contributed by atoms with Crippen LogP contribution in [0.4, 0.5) is 5.13 Å². The van der Waals surface area contributed by atoms with Crippen LogP contribution in [-0.4, -0.2) is 78.5 Å². The Morgan fingerprint density at radius 3 is 2.61 bits per heavy atom. The SMILES string of the molecule is CCC(CC)C(=O)OCOC(=O)C1=C(/C=C\c2cncnc2)CS[C@@H]2[C@H](NC(=O)/C(=N\O)c3csc(N)n3)C(=O)N12. The molecule has 0 aromatic carbocycles. The van der Waals surface area contributed by atoms with Crippen molar-refractivity contribution in [3.05, 3.63) is 52.7 Å². The van der Waals surface area contributed by atoms with E-state index in [-0.39, 0.29) is 28.2 Å². The highest BCUT2D eigenvalue weighted by molar-refractivity contribution is 8.00. The van der Waals surface area contributed by atoms with Gasteiger partial charge in [0.1, 0.15) is 29.1 Å². The van der Waals surface area contributed by atoms with Crippen molar-refractivity contribution in [2.75, 3.05) is 18.3 Å². The summed E-state index contributed by atoms with van der Waals surface area (Å²) in [6, 6.07) is -1.02. The van der Waals surface area contributed by atoms with E-state index in [1.807, 2.05) is 13.8 Å². The number of aromatic nitrogens is 3. The Labute approximate surface area is 242 Å². The molecule has 1 saturated heterocycles. The zero-order chi connectivity index (χ0) is 29.5. The van der Waals surface area contributed by atoms with E-state index >= 15 is 0 Å². The Morgan fingerprint density at radius 1 is 1.24 bits per heavy atom. The Balaban J connectivity index is 1.52. The summed E-state index contributed by atoms with van der Waals surface area (Å²) in [5.74, 6) is -2.81. The van der Waals surface area contributed by atoms with Gasteiger partial charge in [-0.2, -0.15) is 0 Å². The molecule has 2 atom stereocenters. The largest absolute Gasteiger partial charge is 0.428 e. The first-order valence-electron chi connectivity index (χ1n) is 12.5. The van der Waals surface area contributed by atoms with Gasteiger partial charge in [0.2, 0.25) is 6.79 Å². The zero-order valence-electron chi connectivity index (χ0n) is 22.1. The number of rotatable bonds is 11. The number of hydrogen-bond donors (Lipinski definition) is 3. The van der Waals surface area contributed by atoms with Crippen LogP contribution in [0, 0.1) is 5.92 Å². The summed E-state index contributed by atoms with van der Waals surface area (Å²) < 4.78 is 10.4. The number of fused-ring (bicyclic) bond motifs is 1. The van der Waals surface area contributed by atoms with E-state index in [4.69, 9.17) is 15.2 Å². The van der Waals surface area contributed by atoms with Gasteiger partial charge in [-0.15, -0.1) is 23.1 Å². The second kappa shape index (κ2) is 13.4. The van der Waals surface area contributed by atoms with Gasteiger partial charge in [-0.25, -0.2) is 19.7 Å². The number of carbonyl (C=O) groups excluding carboxylic acids is 4. The molecule has 2 aromatic rings. The number of nitrogen functional groups attached to an aromatic ring is 1. The number of esters is 2. The average molecular weight is 602 g/mol. The molecular formula is C25H27N7O7S2. The monoisotopic (exact) mass is 601 g/mol. The number of thiazole rings is 1. The van der Waals surface area contributed by atoms with Gasteiger partial charge >= 0.3 is 11.9 Å². The lowest BCUT2D eigenvalue weighted by Crippen LogP contribution is -2.71. The van der Waals surface area contributed by atoms with Crippen LogP contribution < -0.4 is 11.1 Å². The topological polar surface area (TPSA) is 199 Å². The van der Waals surface area contributed by atoms with Crippen LogP contribution >= 0.6 is 23.1 Å². The lowest BCUT2D eigenvalue weighted by Gasteiger charge is -2.49. The minimum Gasteiger partial charge on any atom is -0.428 e. The lowest BCUT2D eigenvalue weighted by atomic mass is 10.0. The van der Waals surface area contributed by atoms with Gasteiger partial charge < -0.3 is 25.7 Å². The molecular weight excluding hydrogens is 574 g/mol. The molecule has 216 valence electrons. The van der Waals surface area contributed by atoms with Crippen LogP contribution in [0.2, 0.25) is 0 Å². The minimum atomic E-state index is -1.02. The molecule has 4 rings (SSSR count). The maximum Gasteiger partial charge on any atom is 0.358 e. The molecule has 16 heteroatoms. The standard InChI is InChI=1S/C25H27N7O7S2/c1-3-14(4-2)23(35)38-12-39-24(36)19-15(6-5-13-7-27-11-28-8-13)9-40-22-18(21(34)32(19)22)30-20(33)17(31-37)16-10-41-25(26)29-16/h5-8,10-11,14,18,22,37H,3-4,9,12H2,1-2H3,(H2,26,29)(H,30,33)/b6-5-,31-17-/t18-,22-/m1/s1. The van der Waals surface area contributed by atoms with E-state index in [1.165, 1.54) is 28.4 Å². The molecule has 0 saturated carbocycles. The summed E-state index contributed by atoms with van der Waals surface area (Å²) in [6.07, 6.45) is 9.04. The summed E-state index contributed by atoms with van der Waals surface area (Å²) >= 11 is 2.36. The van der Waals surface area contributed by atoms with Crippen molar-refractivity contribution < 1.29 is 33.9 Å². The molecule has 2 amide bonds. The van der Waals surface area contributed by atoms with Crippen LogP contribution in [0.5, 0.6) is 0 Å². The third-order valence-corrected chi connectivity index (χ3v) is 8.30. The number of nitrogens with one attached hydrogen (secondary N) is 1. The predicted octanol–water partition coefficient (Wildman–Crippen LogP) is 1.54. The first kappa shape index (κ1) is 29.7. The van der Waals surface area contributed by atoms with Gasteiger partial charge in [-0.3, -0.25) is 19.3 Å². The van der Waals surface area contributed by atoms with Crippen molar-refractivity contribution in [3.63, 3.8) is 0 Å². The summed E-state index contributed by atoms with van der Waals surface area (Å²) in [4.78, 5) is 64.6. The van der Waals surface area contributed by atoms with E-state index < -0.39 is 47.7 Å². The van der Waals surface area contributed by atoms with Crippen LogP contribution in [0.25, 0.3) is 6.08 Å². The number of β-lactam (4-membered cyclic amide) rings is 1. The summed E-state index contributed by atoms with van der Waals surface area (Å²) in [7, 11) is 0. The molecule has 0 radical (unpaired) electrons. The molecule has 2 aliphatic rings. The highest BCUT2D eigenvalue weighted by atomic mass is 32.2. The fourth-order valence-electron chi connectivity index (χ4n) is 4.12. The van der Waals surface area contributed by atoms with E-state index in [2.05, 4.69) is 25.4 Å². The fraction of sp³-hybridized carbons (Fsp3) is 0.360. The Hall–Kier alpha value is -4.31. The first-order valence-corrected chi connectivity index (χ1v) is 14.4. The second-order valence-corrected chi connectivity index (χ2v) is 10.8. The van der Waals surface area contributed by atoms with Crippen LogP contribution in [0.1, 0.15) is 37.9 Å². The summed E-state index contributed by atoms with van der Waals surface area (Å²) in [5, 5.41) is 15.9. The third kappa shape index (κ3) is 6.54. The molecule has 2 aromatic heterocycles. The van der Waals surface area contributed by atoms with Crippen molar-refractivity contribution in [1.29, 1.82) is 0 Å². The van der Waals surface area contributed by atoms with Crippen molar-refractivity contribution in [2.45, 2.75) is 38.1 Å². The Bertz CT molecular complexity index is 1410. The summed E-state index contributed by atoms with van der Waals surface area (Å²) in [6.45, 7) is 3.10. The van der Waals surface area contributed by atoms with Crippen molar-refractivity contribution in [2.24, 2.45) is 11.1 Å². The van der Waals surface area contributed by atoms with Gasteiger partial charge in [0.15, 0.2) is 10.8 Å². The second-order valence-electron chi connectivity index (χ2n) is 8.79. The maximum absolute atomic E-state index is 13.3. The van der Waals surface area contributed by atoms with Gasteiger partial charge in [0.05, 0.1) is 5.92 Å². The quantitative estimate of drug-likeness (QED) is 0.0839. The van der Waals surface area contributed by atoms with Crippen LogP contribution in [0.3, 0.4) is 0 Å². The van der Waals surface area contributed by atoms with E-state index in [0.29, 0.717) is 24.0 Å². The van der Waals surface area contributed by atoms with Crippen molar-refractivity contribution >= 4 is 63.8 Å². The molecule has 0 unspecified atom stereocenters. The first-order chi connectivity index (χ1) is 19.8. The highest BCUT2D eigenvalue weighted by Gasteiger charge is 2.54. The van der Waals surface area contributed by atoms with E-state index in [0.717, 1.165) is 11.3 Å². The summed E-state index contributed by atoms with van der Waals surface area (Å²) in [5.41, 5.74) is 6.34. The number of carbonyl (C=O) groups is 4. The molecule has 41 heavy (non-hydrogen) atoms. The minimum absolute atomic E-state index is 0.0424. The van der Waals surface area contributed by atoms with Crippen LogP contribution in [-0.2, 0) is 28.7 Å². The van der Waals surface area contributed by atoms with Crippen molar-refractivity contribution in [1.82, 2.24) is 25.2 Å². The normalized spacial score (nSPS) is 18.8. The molecule has 0 spiro atoms. The number of nitrogens with zero attached hydrogens (tertiary/aromatic N) is 5. The van der Waals surface area contributed by atoms with E-state index in [9.17, 15) is 24.4 Å². The van der Waals surface area contributed by atoms with Gasteiger partial charge in [-0.1, -0.05) is 31.2 Å². The molecule has 0 bridgehead atoms. The predicted molar refractivity (Wildman–Crippen MR) is 149 cm³/mol. The number of thioether (sulfide) groups is 1. The number of ether oxygens (including phenoxy) is 2. The number of nitrogens with two attached hydrogens (primary N) is 1. The Morgan fingerprint density at radius 2 is 1.98 bits per heavy atom. The van der Waals surface area contributed by atoms with Gasteiger partial charge in [0, 0.05) is 29.1 Å². The van der Waals surface area contributed by atoms with Gasteiger partial charge in [0.25, 0.3) is 11.8 Å². The molecule has 14 nitrogen and oxygen atoms in total. The van der Waals surface area contributed by atoms with Crippen LogP contribution in [0.15, 0.2) is 46.6 Å². The maximum atomic E-state index is 13.3. The molecule has 2 aliphatic heterocycles. The average Bonchev–Trinajstić information content (AvgIpc) is 3.41. The molecule has 0 aliphatic carbocycles. The fourth-order valence-corrected chi connectivity index (χ4v) is 5.99. The molecule has 4 heterocycles. The van der Waals surface area contributed by atoms with Crippen molar-refractivity contribution in [3.8, 4) is 0 Å². The number of anilines is 1. The highest BCUT2D eigenvalue weighted by Crippen LogP contribution is 2.41. The van der Waals surface area contributed by atoms with Gasteiger partial charge in [-0.05, 0) is 18.4 Å². The molecule has 1 fully saturated rings. The molecule has 4 N–H and O–H groups in total. The number of amides is 2. The Kier molecular flexibility index (Phi) is 9.67. The smallest absolute Gasteiger partial charge is 0.358 e. The lowest BCUT2D eigenvalue weighted by molar-refractivity contribution is -0.170. The zero-order valence-corrected chi connectivity index (χ0v) is 23.7. The number of oxime groups is 1. The number of hydrogen-bond acceptors (Lipinski definition) is 14. The van der Waals surface area contributed by atoms with E-state index in [1.54, 1.807) is 24.5 Å². The third-order valence-electron chi connectivity index (χ3n) is 6.33.